The quantitative estimate of drug-likeness (QED) is 0.897. The minimum absolute atomic E-state index is 0.0803. The molecule has 2 amide bonds. The molecule has 0 aromatic heterocycles. The molecule has 0 aliphatic carbocycles. The topological polar surface area (TPSA) is 52.7 Å². The van der Waals surface area contributed by atoms with Gasteiger partial charge < -0.3 is 15.1 Å². The summed E-state index contributed by atoms with van der Waals surface area (Å²) in [6.45, 7) is 6.21. The van der Waals surface area contributed by atoms with Crippen molar-refractivity contribution < 1.29 is 9.59 Å². The number of rotatable bonds is 3. The summed E-state index contributed by atoms with van der Waals surface area (Å²) in [5.74, 6) is -0.0902. The summed E-state index contributed by atoms with van der Waals surface area (Å²) >= 11 is 6.44. The van der Waals surface area contributed by atoms with Crippen LogP contribution in [0.5, 0.6) is 0 Å². The average Bonchev–Trinajstić information content (AvgIpc) is 2.62. The molecule has 0 saturated carbocycles. The minimum Gasteiger partial charge on any atom is -0.365 e. The normalized spacial score (nSPS) is 14.3. The summed E-state index contributed by atoms with van der Waals surface area (Å²) in [5, 5.41) is 3.56. The van der Waals surface area contributed by atoms with Gasteiger partial charge in [0.05, 0.1) is 16.4 Å². The molecule has 2 aromatic carbocycles. The standard InChI is InChI=1S/C20H22ClN3O2/c1-14-6-8-16(9-7-14)20(26)22-18-5-3-4-17(21)19(18)24-12-10-23(11-13-24)15(2)25/h3-9H,10-13H2,1-2H3,(H,22,26). The van der Waals surface area contributed by atoms with E-state index in [-0.39, 0.29) is 11.8 Å². The molecule has 26 heavy (non-hydrogen) atoms. The molecule has 0 atom stereocenters. The molecule has 0 radical (unpaired) electrons. The lowest BCUT2D eigenvalue weighted by atomic mass is 10.1. The molecule has 1 N–H and O–H groups in total. The summed E-state index contributed by atoms with van der Waals surface area (Å²) in [4.78, 5) is 28.0. The highest BCUT2D eigenvalue weighted by molar-refractivity contribution is 6.34. The summed E-state index contributed by atoms with van der Waals surface area (Å²) < 4.78 is 0. The monoisotopic (exact) mass is 371 g/mol. The number of halogens is 1. The lowest BCUT2D eigenvalue weighted by Crippen LogP contribution is -2.48. The van der Waals surface area contributed by atoms with Crippen molar-refractivity contribution in [3.05, 3.63) is 58.6 Å². The number of nitrogens with one attached hydrogen (secondary N) is 1. The van der Waals surface area contributed by atoms with Crippen molar-refractivity contribution >= 4 is 34.8 Å². The maximum Gasteiger partial charge on any atom is 0.255 e. The number of carbonyl (C=O) groups excluding carboxylic acids is 2. The number of piperazine rings is 1. The number of hydrogen-bond donors (Lipinski definition) is 1. The van der Waals surface area contributed by atoms with Crippen molar-refractivity contribution in [3.63, 3.8) is 0 Å². The van der Waals surface area contributed by atoms with E-state index in [1.807, 2.05) is 42.2 Å². The Balaban J connectivity index is 1.80. The Labute approximate surface area is 158 Å². The zero-order chi connectivity index (χ0) is 18.7. The van der Waals surface area contributed by atoms with Crippen molar-refractivity contribution in [1.29, 1.82) is 0 Å². The number of hydrogen-bond acceptors (Lipinski definition) is 3. The molecule has 2 aromatic rings. The molecule has 1 aliphatic heterocycles. The molecular formula is C20H22ClN3O2. The van der Waals surface area contributed by atoms with E-state index in [0.717, 1.165) is 11.3 Å². The Morgan fingerprint density at radius 1 is 1.00 bits per heavy atom. The second-order valence-electron chi connectivity index (χ2n) is 6.45. The molecule has 0 bridgehead atoms. The fraction of sp³-hybridized carbons (Fsp3) is 0.300. The van der Waals surface area contributed by atoms with Gasteiger partial charge in [0.15, 0.2) is 0 Å². The second-order valence-corrected chi connectivity index (χ2v) is 6.86. The first-order valence-electron chi connectivity index (χ1n) is 8.62. The van der Waals surface area contributed by atoms with Gasteiger partial charge in [-0.15, -0.1) is 0 Å². The van der Waals surface area contributed by atoms with Gasteiger partial charge in [0, 0.05) is 38.7 Å². The number of amides is 2. The molecule has 1 heterocycles. The maximum absolute atomic E-state index is 12.6. The molecule has 0 unspecified atom stereocenters. The van der Waals surface area contributed by atoms with Crippen molar-refractivity contribution in [3.8, 4) is 0 Å². The van der Waals surface area contributed by atoms with Gasteiger partial charge in [-0.05, 0) is 31.2 Å². The van der Waals surface area contributed by atoms with E-state index in [4.69, 9.17) is 11.6 Å². The Hall–Kier alpha value is -2.53. The van der Waals surface area contributed by atoms with E-state index < -0.39 is 0 Å². The van der Waals surface area contributed by atoms with Crippen LogP contribution in [0.3, 0.4) is 0 Å². The summed E-state index contributed by atoms with van der Waals surface area (Å²) in [7, 11) is 0. The van der Waals surface area contributed by atoms with E-state index in [1.165, 1.54) is 0 Å². The molecule has 1 saturated heterocycles. The number of para-hydroxylation sites is 1. The molecule has 1 aliphatic rings. The number of carbonyl (C=O) groups is 2. The highest BCUT2D eigenvalue weighted by Gasteiger charge is 2.23. The van der Waals surface area contributed by atoms with Crippen LogP contribution in [0.25, 0.3) is 0 Å². The van der Waals surface area contributed by atoms with Gasteiger partial charge in [0.1, 0.15) is 0 Å². The lowest BCUT2D eigenvalue weighted by Gasteiger charge is -2.37. The Morgan fingerprint density at radius 3 is 2.27 bits per heavy atom. The van der Waals surface area contributed by atoms with E-state index in [1.54, 1.807) is 19.1 Å². The van der Waals surface area contributed by atoms with Crippen LogP contribution in [-0.2, 0) is 4.79 Å². The van der Waals surface area contributed by atoms with Gasteiger partial charge in [-0.2, -0.15) is 0 Å². The van der Waals surface area contributed by atoms with Crippen LogP contribution < -0.4 is 10.2 Å². The van der Waals surface area contributed by atoms with Crippen molar-refractivity contribution in [2.75, 3.05) is 36.4 Å². The average molecular weight is 372 g/mol. The highest BCUT2D eigenvalue weighted by atomic mass is 35.5. The first-order chi connectivity index (χ1) is 12.5. The first kappa shape index (κ1) is 18.3. The molecular weight excluding hydrogens is 350 g/mol. The Morgan fingerprint density at radius 2 is 1.65 bits per heavy atom. The maximum atomic E-state index is 12.6. The van der Waals surface area contributed by atoms with E-state index in [0.29, 0.717) is 42.5 Å². The van der Waals surface area contributed by atoms with E-state index in [9.17, 15) is 9.59 Å². The highest BCUT2D eigenvalue weighted by Crippen LogP contribution is 2.34. The Bertz CT molecular complexity index is 812. The van der Waals surface area contributed by atoms with Gasteiger partial charge in [0.2, 0.25) is 5.91 Å². The predicted molar refractivity (Wildman–Crippen MR) is 105 cm³/mol. The molecule has 6 heteroatoms. The number of nitrogens with zero attached hydrogens (tertiary/aromatic N) is 2. The zero-order valence-corrected chi connectivity index (χ0v) is 15.7. The third-order valence-corrected chi connectivity index (χ3v) is 4.89. The minimum atomic E-state index is -0.170. The third kappa shape index (κ3) is 3.99. The van der Waals surface area contributed by atoms with Gasteiger partial charge in [0.25, 0.3) is 5.91 Å². The van der Waals surface area contributed by atoms with E-state index in [2.05, 4.69) is 10.2 Å². The number of aryl methyl sites for hydroxylation is 1. The molecule has 136 valence electrons. The van der Waals surface area contributed by atoms with Crippen molar-refractivity contribution in [2.24, 2.45) is 0 Å². The largest absolute Gasteiger partial charge is 0.365 e. The lowest BCUT2D eigenvalue weighted by molar-refractivity contribution is -0.129. The third-order valence-electron chi connectivity index (χ3n) is 4.59. The fourth-order valence-electron chi connectivity index (χ4n) is 3.08. The summed E-state index contributed by atoms with van der Waals surface area (Å²) in [5.41, 5.74) is 3.19. The van der Waals surface area contributed by atoms with Crippen LogP contribution in [0.4, 0.5) is 11.4 Å². The molecule has 5 nitrogen and oxygen atoms in total. The van der Waals surface area contributed by atoms with Crippen LogP contribution in [0.2, 0.25) is 5.02 Å². The van der Waals surface area contributed by atoms with Gasteiger partial charge >= 0.3 is 0 Å². The zero-order valence-electron chi connectivity index (χ0n) is 15.0. The smallest absolute Gasteiger partial charge is 0.255 e. The summed E-state index contributed by atoms with van der Waals surface area (Å²) in [6, 6.07) is 12.9. The van der Waals surface area contributed by atoms with Crippen molar-refractivity contribution in [2.45, 2.75) is 13.8 Å². The van der Waals surface area contributed by atoms with E-state index >= 15 is 0 Å². The second kappa shape index (κ2) is 7.79. The Kier molecular flexibility index (Phi) is 5.47. The predicted octanol–water partition coefficient (Wildman–Crippen LogP) is 3.57. The molecule has 1 fully saturated rings. The summed E-state index contributed by atoms with van der Waals surface area (Å²) in [6.07, 6.45) is 0. The number of anilines is 2. The van der Waals surface area contributed by atoms with Gasteiger partial charge in [-0.25, -0.2) is 0 Å². The number of benzene rings is 2. The molecule has 3 rings (SSSR count). The van der Waals surface area contributed by atoms with Crippen LogP contribution in [0, 0.1) is 6.92 Å². The molecule has 0 spiro atoms. The fourth-order valence-corrected chi connectivity index (χ4v) is 3.38. The van der Waals surface area contributed by atoms with Crippen LogP contribution in [0.15, 0.2) is 42.5 Å². The van der Waals surface area contributed by atoms with Crippen LogP contribution in [0.1, 0.15) is 22.8 Å². The van der Waals surface area contributed by atoms with Crippen molar-refractivity contribution in [1.82, 2.24) is 4.90 Å². The SMILES string of the molecule is CC(=O)N1CCN(c2c(Cl)cccc2NC(=O)c2ccc(C)cc2)CC1. The van der Waals surface area contributed by atoms with Gasteiger partial charge in [-0.1, -0.05) is 35.4 Å². The van der Waals surface area contributed by atoms with Crippen LogP contribution >= 0.6 is 11.6 Å². The van der Waals surface area contributed by atoms with Crippen LogP contribution in [-0.4, -0.2) is 42.9 Å². The first-order valence-corrected chi connectivity index (χ1v) is 9.00. The van der Waals surface area contributed by atoms with Gasteiger partial charge in [-0.3, -0.25) is 9.59 Å².